The molecule has 1 aromatic carbocycles. The second kappa shape index (κ2) is 6.45. The number of carbonyl (C=O) groups excluding carboxylic acids is 2. The van der Waals surface area contributed by atoms with Crippen LogP contribution in [0.5, 0.6) is 0 Å². The van der Waals surface area contributed by atoms with Gasteiger partial charge in [-0.25, -0.2) is 0 Å². The largest absolute Gasteiger partial charge is 0.358 e. The summed E-state index contributed by atoms with van der Waals surface area (Å²) in [5.74, 6) is 0.0556. The number of halogens is 1. The zero-order valence-corrected chi connectivity index (χ0v) is 13.1. The van der Waals surface area contributed by atoms with Gasteiger partial charge in [-0.2, -0.15) is 0 Å². The van der Waals surface area contributed by atoms with E-state index in [-0.39, 0.29) is 11.8 Å². The quantitative estimate of drug-likeness (QED) is 0.780. The van der Waals surface area contributed by atoms with Crippen LogP contribution in [0.25, 0.3) is 0 Å². The van der Waals surface area contributed by atoms with Crippen molar-refractivity contribution in [3.63, 3.8) is 0 Å². The minimum absolute atomic E-state index is 0.119. The SMILES string of the molecule is CNC(=O)C(CC(C)C)NC1C(=O)Nc2ccc(Cl)cc21. The molecular formula is C15H20ClN3O2. The number of benzene rings is 1. The first-order chi connectivity index (χ1) is 9.92. The fourth-order valence-electron chi connectivity index (χ4n) is 2.50. The van der Waals surface area contributed by atoms with Crippen molar-refractivity contribution >= 4 is 29.1 Å². The summed E-state index contributed by atoms with van der Waals surface area (Å²) < 4.78 is 0. The van der Waals surface area contributed by atoms with Gasteiger partial charge in [0.15, 0.2) is 0 Å². The molecule has 1 aliphatic rings. The maximum absolute atomic E-state index is 12.1. The minimum Gasteiger partial charge on any atom is -0.358 e. The molecule has 0 radical (unpaired) electrons. The molecule has 0 saturated carbocycles. The fraction of sp³-hybridized carbons (Fsp3) is 0.467. The highest BCUT2D eigenvalue weighted by Crippen LogP contribution is 2.33. The van der Waals surface area contributed by atoms with Crippen molar-refractivity contribution in [3.05, 3.63) is 28.8 Å². The molecule has 0 aliphatic carbocycles. The Balaban J connectivity index is 2.23. The number of hydrogen-bond donors (Lipinski definition) is 3. The number of hydrogen-bond acceptors (Lipinski definition) is 3. The Morgan fingerprint density at radius 1 is 1.43 bits per heavy atom. The van der Waals surface area contributed by atoms with Crippen molar-refractivity contribution in [2.24, 2.45) is 5.92 Å². The predicted octanol–water partition coefficient (Wildman–Crippen LogP) is 2.08. The first-order valence-electron chi connectivity index (χ1n) is 7.00. The first kappa shape index (κ1) is 15.8. The molecule has 1 aromatic rings. The number of amides is 2. The molecule has 0 spiro atoms. The minimum atomic E-state index is -0.556. The molecule has 2 rings (SSSR count). The van der Waals surface area contributed by atoms with Gasteiger partial charge in [0, 0.05) is 23.3 Å². The highest BCUT2D eigenvalue weighted by molar-refractivity contribution is 6.31. The van der Waals surface area contributed by atoms with Crippen molar-refractivity contribution in [2.45, 2.75) is 32.4 Å². The van der Waals surface area contributed by atoms with Crippen molar-refractivity contribution < 1.29 is 9.59 Å². The predicted molar refractivity (Wildman–Crippen MR) is 83.3 cm³/mol. The van der Waals surface area contributed by atoms with Gasteiger partial charge in [0.1, 0.15) is 6.04 Å². The van der Waals surface area contributed by atoms with Gasteiger partial charge in [-0.3, -0.25) is 14.9 Å². The third-order valence-electron chi connectivity index (χ3n) is 3.48. The monoisotopic (exact) mass is 309 g/mol. The Hall–Kier alpha value is -1.59. The summed E-state index contributed by atoms with van der Waals surface area (Å²) in [7, 11) is 1.59. The first-order valence-corrected chi connectivity index (χ1v) is 7.38. The number of nitrogens with one attached hydrogen (secondary N) is 3. The highest BCUT2D eigenvalue weighted by Gasteiger charge is 2.34. The van der Waals surface area contributed by atoms with Crippen molar-refractivity contribution in [1.29, 1.82) is 0 Å². The molecule has 2 unspecified atom stereocenters. The molecule has 21 heavy (non-hydrogen) atoms. The summed E-state index contributed by atoms with van der Waals surface area (Å²) in [5.41, 5.74) is 1.52. The zero-order valence-electron chi connectivity index (χ0n) is 12.4. The van der Waals surface area contributed by atoms with Crippen molar-refractivity contribution in [2.75, 3.05) is 12.4 Å². The molecule has 2 atom stereocenters. The van der Waals surface area contributed by atoms with Crippen LogP contribution in [0.1, 0.15) is 31.9 Å². The summed E-state index contributed by atoms with van der Waals surface area (Å²) in [5, 5.41) is 9.15. The molecule has 3 N–H and O–H groups in total. The lowest BCUT2D eigenvalue weighted by molar-refractivity contribution is -0.124. The average Bonchev–Trinajstić information content (AvgIpc) is 2.72. The standard InChI is InChI=1S/C15H20ClN3O2/c1-8(2)6-12(14(20)17-3)18-13-10-7-9(16)4-5-11(10)19-15(13)21/h4-5,7-8,12-13,18H,6H2,1-3H3,(H,17,20)(H,19,21). The highest BCUT2D eigenvalue weighted by atomic mass is 35.5. The Bertz CT molecular complexity index is 560. The van der Waals surface area contributed by atoms with Gasteiger partial charge in [0.2, 0.25) is 11.8 Å². The van der Waals surface area contributed by atoms with E-state index in [0.29, 0.717) is 17.4 Å². The van der Waals surface area contributed by atoms with E-state index < -0.39 is 12.1 Å². The van der Waals surface area contributed by atoms with Crippen molar-refractivity contribution in [3.8, 4) is 0 Å². The molecule has 1 heterocycles. The third-order valence-corrected chi connectivity index (χ3v) is 3.72. The van der Waals surface area contributed by atoms with Crippen LogP contribution in [0.15, 0.2) is 18.2 Å². The lowest BCUT2D eigenvalue weighted by atomic mass is 10.0. The summed E-state index contributed by atoms with van der Waals surface area (Å²) in [6.45, 7) is 4.08. The van der Waals surface area contributed by atoms with Gasteiger partial charge in [-0.05, 0) is 30.5 Å². The van der Waals surface area contributed by atoms with Crippen molar-refractivity contribution in [1.82, 2.24) is 10.6 Å². The van der Waals surface area contributed by atoms with Crippen LogP contribution in [0.3, 0.4) is 0 Å². The lowest BCUT2D eigenvalue weighted by Crippen LogP contribution is -2.46. The van der Waals surface area contributed by atoms with Gasteiger partial charge in [-0.1, -0.05) is 25.4 Å². The molecular weight excluding hydrogens is 290 g/mol. The molecule has 2 amide bonds. The molecule has 1 aliphatic heterocycles. The summed E-state index contributed by atoms with van der Waals surface area (Å²) >= 11 is 6.00. The maximum atomic E-state index is 12.1. The number of rotatable bonds is 5. The summed E-state index contributed by atoms with van der Waals surface area (Å²) in [6, 6.07) is 4.28. The molecule has 6 heteroatoms. The molecule has 0 bridgehead atoms. The Morgan fingerprint density at radius 3 is 2.76 bits per heavy atom. The Kier molecular flexibility index (Phi) is 4.85. The van der Waals surface area contributed by atoms with E-state index in [2.05, 4.69) is 16.0 Å². The number of carbonyl (C=O) groups is 2. The number of anilines is 1. The van der Waals surface area contributed by atoms with E-state index in [1.54, 1.807) is 25.2 Å². The molecule has 0 aromatic heterocycles. The van der Waals surface area contributed by atoms with Crippen LogP contribution in [0.4, 0.5) is 5.69 Å². The van der Waals surface area contributed by atoms with Crippen LogP contribution < -0.4 is 16.0 Å². The van der Waals surface area contributed by atoms with Crippen LogP contribution in [-0.4, -0.2) is 24.9 Å². The van der Waals surface area contributed by atoms with E-state index in [0.717, 1.165) is 11.3 Å². The fourth-order valence-corrected chi connectivity index (χ4v) is 2.68. The van der Waals surface area contributed by atoms with Gasteiger partial charge in [0.05, 0.1) is 6.04 Å². The normalized spacial score (nSPS) is 18.3. The van der Waals surface area contributed by atoms with E-state index in [1.807, 2.05) is 13.8 Å². The van der Waals surface area contributed by atoms with Gasteiger partial charge >= 0.3 is 0 Å². The zero-order chi connectivity index (χ0) is 15.6. The maximum Gasteiger partial charge on any atom is 0.246 e. The van der Waals surface area contributed by atoms with Crippen LogP contribution in [0.2, 0.25) is 5.02 Å². The van der Waals surface area contributed by atoms with Gasteiger partial charge in [0.25, 0.3) is 0 Å². The van der Waals surface area contributed by atoms with E-state index in [9.17, 15) is 9.59 Å². The van der Waals surface area contributed by atoms with Crippen LogP contribution >= 0.6 is 11.6 Å². The third kappa shape index (κ3) is 3.54. The second-order valence-electron chi connectivity index (χ2n) is 5.62. The number of fused-ring (bicyclic) bond motifs is 1. The lowest BCUT2D eigenvalue weighted by Gasteiger charge is -2.22. The van der Waals surface area contributed by atoms with Gasteiger partial charge in [-0.15, -0.1) is 0 Å². The number of likely N-dealkylation sites (N-methyl/N-ethyl adjacent to an activating group) is 1. The second-order valence-corrected chi connectivity index (χ2v) is 6.05. The molecule has 5 nitrogen and oxygen atoms in total. The topological polar surface area (TPSA) is 70.2 Å². The Morgan fingerprint density at radius 2 is 2.14 bits per heavy atom. The summed E-state index contributed by atoms with van der Waals surface area (Å²) in [6.07, 6.45) is 0.652. The van der Waals surface area contributed by atoms with Gasteiger partial charge < -0.3 is 10.6 Å². The van der Waals surface area contributed by atoms with E-state index in [4.69, 9.17) is 11.6 Å². The Labute approximate surface area is 129 Å². The molecule has 0 fully saturated rings. The smallest absolute Gasteiger partial charge is 0.246 e. The summed E-state index contributed by atoms with van der Waals surface area (Å²) in [4.78, 5) is 24.1. The van der Waals surface area contributed by atoms with E-state index in [1.165, 1.54) is 0 Å². The van der Waals surface area contributed by atoms with Crippen LogP contribution in [0, 0.1) is 5.92 Å². The van der Waals surface area contributed by atoms with Crippen LogP contribution in [-0.2, 0) is 9.59 Å². The van der Waals surface area contributed by atoms with E-state index >= 15 is 0 Å². The molecule has 114 valence electrons. The molecule has 0 saturated heterocycles. The average molecular weight is 310 g/mol.